The summed E-state index contributed by atoms with van der Waals surface area (Å²) in [6.45, 7) is 7.62. The van der Waals surface area contributed by atoms with Crippen molar-refractivity contribution in [1.82, 2.24) is 15.2 Å². The lowest BCUT2D eigenvalue weighted by atomic mass is 9.95. The molecule has 2 aromatic rings. The molecule has 1 saturated heterocycles. The molecule has 1 N–H and O–H groups in total. The van der Waals surface area contributed by atoms with Crippen molar-refractivity contribution >= 4 is 26.7 Å². The van der Waals surface area contributed by atoms with Gasteiger partial charge in [0, 0.05) is 30.8 Å². The van der Waals surface area contributed by atoms with E-state index in [4.69, 9.17) is 0 Å². The van der Waals surface area contributed by atoms with Crippen LogP contribution in [-0.4, -0.2) is 43.1 Å². The summed E-state index contributed by atoms with van der Waals surface area (Å²) in [5.41, 5.74) is 3.32. The van der Waals surface area contributed by atoms with Gasteiger partial charge in [-0.3, -0.25) is 9.78 Å². The Hall–Kier alpha value is -3.00. The molecule has 0 unspecified atom stereocenters. The maximum Gasteiger partial charge on any atom is 0.285 e. The fourth-order valence-corrected chi connectivity index (χ4v) is 5.86. The topological polar surface area (TPSA) is 91.7 Å². The first-order chi connectivity index (χ1) is 15.8. The summed E-state index contributed by atoms with van der Waals surface area (Å²) in [6, 6.07) is 13.3. The monoisotopic (exact) mass is 466 g/mol. The Bertz CT molecular complexity index is 1180. The zero-order valence-corrected chi connectivity index (χ0v) is 20.1. The van der Waals surface area contributed by atoms with Crippen molar-refractivity contribution in [3.63, 3.8) is 0 Å². The number of pyridine rings is 1. The van der Waals surface area contributed by atoms with E-state index in [-0.39, 0.29) is 16.7 Å². The minimum Gasteiger partial charge on any atom is -0.356 e. The van der Waals surface area contributed by atoms with Crippen molar-refractivity contribution in [2.45, 2.75) is 46.1 Å². The molecule has 1 aromatic heterocycles. The van der Waals surface area contributed by atoms with E-state index in [1.165, 1.54) is 0 Å². The Labute approximate surface area is 195 Å². The predicted octanol–water partition coefficient (Wildman–Crippen LogP) is 3.71. The van der Waals surface area contributed by atoms with E-state index >= 15 is 0 Å². The molecule has 3 heterocycles. The number of sulfonamides is 1. The Kier molecular flexibility index (Phi) is 6.65. The fourth-order valence-electron chi connectivity index (χ4n) is 4.38. The van der Waals surface area contributed by atoms with Crippen LogP contribution in [-0.2, 0) is 21.4 Å². The summed E-state index contributed by atoms with van der Waals surface area (Å²) in [5.74, 6) is 0.796. The molecule has 7 nitrogen and oxygen atoms in total. The number of amidine groups is 1. The number of hydrogen-bond donors (Lipinski definition) is 1. The number of nitrogens with zero attached hydrogens (tertiary/aromatic N) is 3. The minimum absolute atomic E-state index is 0.0134. The van der Waals surface area contributed by atoms with Gasteiger partial charge in [-0.2, -0.15) is 8.42 Å². The first kappa shape index (κ1) is 23.2. The smallest absolute Gasteiger partial charge is 0.285 e. The van der Waals surface area contributed by atoms with E-state index in [0.717, 1.165) is 11.3 Å². The molecule has 1 amide bonds. The molecule has 33 heavy (non-hydrogen) atoms. The molecule has 0 bridgehead atoms. The Morgan fingerprint density at radius 2 is 1.82 bits per heavy atom. The van der Waals surface area contributed by atoms with Gasteiger partial charge in [0.25, 0.3) is 10.0 Å². The Morgan fingerprint density at radius 3 is 2.42 bits per heavy atom. The zero-order chi connectivity index (χ0) is 23.6. The van der Waals surface area contributed by atoms with E-state index in [2.05, 4.69) is 28.5 Å². The zero-order valence-electron chi connectivity index (χ0n) is 19.3. The van der Waals surface area contributed by atoms with Crippen LogP contribution in [0.2, 0.25) is 0 Å². The molecular formula is C25H30N4O3S. The van der Waals surface area contributed by atoms with Crippen molar-refractivity contribution in [1.29, 1.82) is 0 Å². The maximum absolute atomic E-state index is 12.9. The number of carbonyl (C=O) groups excluding carboxylic acids is 1. The summed E-state index contributed by atoms with van der Waals surface area (Å²) in [6.07, 6.45) is 3.01. The van der Waals surface area contributed by atoms with Crippen LogP contribution in [0.15, 0.2) is 58.6 Å². The lowest BCUT2D eigenvalue weighted by Gasteiger charge is -2.32. The van der Waals surface area contributed by atoms with Crippen LogP contribution in [0.1, 0.15) is 56.4 Å². The highest BCUT2D eigenvalue weighted by Gasteiger charge is 2.35. The van der Waals surface area contributed by atoms with Crippen molar-refractivity contribution in [3.05, 3.63) is 71.1 Å². The summed E-state index contributed by atoms with van der Waals surface area (Å²) in [7, 11) is -3.75. The van der Waals surface area contributed by atoms with Crippen LogP contribution in [0.25, 0.3) is 4.91 Å². The maximum atomic E-state index is 12.9. The second-order valence-electron chi connectivity index (χ2n) is 8.92. The van der Waals surface area contributed by atoms with Crippen LogP contribution in [0.3, 0.4) is 0 Å². The predicted molar refractivity (Wildman–Crippen MR) is 130 cm³/mol. The molecule has 1 aromatic carbocycles. The summed E-state index contributed by atoms with van der Waals surface area (Å²) in [4.78, 5) is 19.1. The summed E-state index contributed by atoms with van der Waals surface area (Å²) < 4.78 is 29.9. The van der Waals surface area contributed by atoms with Crippen molar-refractivity contribution in [3.8, 4) is 0 Å². The third-order valence-electron chi connectivity index (χ3n) is 6.32. The first-order valence-electron chi connectivity index (χ1n) is 11.4. The molecule has 4 rings (SSSR count). The minimum atomic E-state index is -3.75. The molecule has 2 aliphatic heterocycles. The SMILES string of the molecule is CC1=C(c2ccc(C(C)C)cc2)S(=O)(=O)N=C1N1CCC(C(=O)NCc2ccccn2)CC1. The first-order valence-corrected chi connectivity index (χ1v) is 12.8. The lowest BCUT2D eigenvalue weighted by molar-refractivity contribution is -0.126. The summed E-state index contributed by atoms with van der Waals surface area (Å²) in [5, 5.41) is 2.96. The van der Waals surface area contributed by atoms with Crippen molar-refractivity contribution in [2.75, 3.05) is 13.1 Å². The molecule has 2 aliphatic rings. The number of benzene rings is 1. The molecule has 0 radical (unpaired) electrons. The highest BCUT2D eigenvalue weighted by atomic mass is 32.2. The molecule has 174 valence electrons. The number of amides is 1. The number of carbonyl (C=O) groups is 1. The van der Waals surface area contributed by atoms with Gasteiger partial charge in [-0.15, -0.1) is 4.40 Å². The van der Waals surface area contributed by atoms with Gasteiger partial charge in [0.05, 0.1) is 12.2 Å². The molecule has 8 heteroatoms. The Balaban J connectivity index is 1.42. The Morgan fingerprint density at radius 1 is 1.12 bits per heavy atom. The van der Waals surface area contributed by atoms with E-state index in [9.17, 15) is 13.2 Å². The van der Waals surface area contributed by atoms with Gasteiger partial charge in [-0.05, 0) is 48.9 Å². The number of piperidine rings is 1. The van der Waals surface area contributed by atoms with E-state index < -0.39 is 10.0 Å². The third kappa shape index (κ3) is 5.00. The summed E-state index contributed by atoms with van der Waals surface area (Å²) >= 11 is 0. The highest BCUT2D eigenvalue weighted by molar-refractivity contribution is 8.00. The van der Waals surface area contributed by atoms with Gasteiger partial charge in [-0.1, -0.05) is 44.2 Å². The van der Waals surface area contributed by atoms with Gasteiger partial charge in [0.15, 0.2) is 0 Å². The third-order valence-corrected chi connectivity index (χ3v) is 7.79. The quantitative estimate of drug-likeness (QED) is 0.725. The van der Waals surface area contributed by atoms with Crippen molar-refractivity contribution < 1.29 is 13.2 Å². The van der Waals surface area contributed by atoms with Gasteiger partial charge in [-0.25, -0.2) is 0 Å². The lowest BCUT2D eigenvalue weighted by Crippen LogP contribution is -2.43. The van der Waals surface area contributed by atoms with E-state index in [1.54, 1.807) is 6.20 Å². The average Bonchev–Trinajstić information content (AvgIpc) is 3.06. The number of likely N-dealkylation sites (tertiary alicyclic amines) is 1. The van der Waals surface area contributed by atoms with Crippen LogP contribution >= 0.6 is 0 Å². The average molecular weight is 467 g/mol. The standard InChI is InChI=1S/C25H30N4O3S/c1-17(2)19-7-9-20(10-8-19)23-18(3)24(28-33(23,31)32)29-14-11-21(12-15-29)25(30)27-16-22-6-4-5-13-26-22/h4-10,13,17,21H,11-12,14-16H2,1-3H3,(H,27,30). The second kappa shape index (κ2) is 9.47. The largest absolute Gasteiger partial charge is 0.356 e. The number of aromatic nitrogens is 1. The van der Waals surface area contributed by atoms with Gasteiger partial charge >= 0.3 is 0 Å². The molecule has 0 aliphatic carbocycles. The van der Waals surface area contributed by atoms with Crippen molar-refractivity contribution in [2.24, 2.45) is 10.3 Å². The van der Waals surface area contributed by atoms with E-state index in [0.29, 0.717) is 55.4 Å². The van der Waals surface area contributed by atoms with Gasteiger partial charge in [0.2, 0.25) is 5.91 Å². The van der Waals surface area contributed by atoms with Gasteiger partial charge < -0.3 is 10.2 Å². The molecule has 0 saturated carbocycles. The fraction of sp³-hybridized carbons (Fsp3) is 0.400. The highest BCUT2D eigenvalue weighted by Crippen LogP contribution is 2.35. The normalized spacial score (nSPS) is 18.5. The second-order valence-corrected chi connectivity index (χ2v) is 10.5. The van der Waals surface area contributed by atoms with Gasteiger partial charge in [0.1, 0.15) is 10.7 Å². The molecule has 0 spiro atoms. The number of nitrogens with one attached hydrogen (secondary N) is 1. The molecular weight excluding hydrogens is 436 g/mol. The van der Waals surface area contributed by atoms with Crippen LogP contribution in [0.4, 0.5) is 0 Å². The molecule has 0 atom stereocenters. The van der Waals surface area contributed by atoms with Crippen LogP contribution in [0, 0.1) is 5.92 Å². The number of hydrogen-bond acceptors (Lipinski definition) is 5. The van der Waals surface area contributed by atoms with Crippen LogP contribution < -0.4 is 5.32 Å². The number of rotatable bonds is 5. The van der Waals surface area contributed by atoms with E-state index in [1.807, 2.05) is 54.3 Å². The molecule has 1 fully saturated rings. The van der Waals surface area contributed by atoms with Crippen LogP contribution in [0.5, 0.6) is 0 Å².